The fraction of sp³-hybridized carbons (Fsp3) is 0.0476. The first kappa shape index (κ1) is 19.7. The van der Waals surface area contributed by atoms with Crippen LogP contribution in [-0.4, -0.2) is 23.8 Å². The van der Waals surface area contributed by atoms with Crippen molar-refractivity contribution in [1.82, 2.24) is 5.43 Å². The van der Waals surface area contributed by atoms with Crippen LogP contribution in [0.25, 0.3) is 11.1 Å². The van der Waals surface area contributed by atoms with E-state index in [1.54, 1.807) is 12.1 Å². The maximum atomic E-state index is 11.8. The van der Waals surface area contributed by atoms with Gasteiger partial charge in [0.15, 0.2) is 6.61 Å². The van der Waals surface area contributed by atoms with Crippen LogP contribution in [0, 0.1) is 0 Å². The summed E-state index contributed by atoms with van der Waals surface area (Å²) < 4.78 is 5.45. The number of amides is 1. The number of phenolic OH excluding ortho intramolecular Hbond substituents is 1. The summed E-state index contributed by atoms with van der Waals surface area (Å²) in [4.78, 5) is 11.8. The highest BCUT2D eigenvalue weighted by atomic mass is 35.5. The number of carbonyl (C=O) groups excluding carboxylic acids is 1. The van der Waals surface area contributed by atoms with Gasteiger partial charge in [-0.15, -0.1) is 0 Å². The van der Waals surface area contributed by atoms with Crippen molar-refractivity contribution < 1.29 is 14.6 Å². The minimum Gasteiger partial charge on any atom is -0.506 e. The molecule has 3 aromatic rings. The van der Waals surface area contributed by atoms with Gasteiger partial charge in [-0.05, 0) is 35.4 Å². The van der Waals surface area contributed by atoms with Crippen molar-refractivity contribution in [3.05, 3.63) is 82.3 Å². The zero-order valence-electron chi connectivity index (χ0n) is 14.6. The smallest absolute Gasteiger partial charge is 0.277 e. The Morgan fingerprint density at radius 2 is 1.71 bits per heavy atom. The topological polar surface area (TPSA) is 70.9 Å². The van der Waals surface area contributed by atoms with Gasteiger partial charge in [-0.3, -0.25) is 4.79 Å². The molecule has 0 bridgehead atoms. The van der Waals surface area contributed by atoms with Gasteiger partial charge >= 0.3 is 0 Å². The molecule has 5 nitrogen and oxygen atoms in total. The molecule has 0 fully saturated rings. The summed E-state index contributed by atoms with van der Waals surface area (Å²) in [5.41, 5.74) is 4.76. The second kappa shape index (κ2) is 9.26. The lowest BCUT2D eigenvalue weighted by Crippen LogP contribution is -2.24. The Kier molecular flexibility index (Phi) is 6.53. The summed E-state index contributed by atoms with van der Waals surface area (Å²) in [7, 11) is 0. The summed E-state index contributed by atoms with van der Waals surface area (Å²) in [6.07, 6.45) is 1.25. The number of halogens is 2. The fourth-order valence-corrected chi connectivity index (χ4v) is 2.92. The van der Waals surface area contributed by atoms with E-state index >= 15 is 0 Å². The SMILES string of the molecule is O=C(COc1ccc(-c2ccccc2)cc1)N/N=C/c1cc(Cl)cc(Cl)c1O. The highest BCUT2D eigenvalue weighted by molar-refractivity contribution is 6.36. The molecule has 0 heterocycles. The highest BCUT2D eigenvalue weighted by Crippen LogP contribution is 2.29. The van der Waals surface area contributed by atoms with Crippen LogP contribution in [0.2, 0.25) is 10.0 Å². The molecule has 0 atom stereocenters. The number of aromatic hydroxyl groups is 1. The van der Waals surface area contributed by atoms with Crippen LogP contribution in [0.1, 0.15) is 5.56 Å². The number of phenols is 1. The molecule has 0 radical (unpaired) electrons. The number of hydrogen-bond acceptors (Lipinski definition) is 4. The molecule has 0 aliphatic heterocycles. The Morgan fingerprint density at radius 1 is 1.04 bits per heavy atom. The molecule has 28 heavy (non-hydrogen) atoms. The maximum absolute atomic E-state index is 11.8. The molecular formula is C21H16Cl2N2O3. The van der Waals surface area contributed by atoms with E-state index in [0.717, 1.165) is 11.1 Å². The summed E-state index contributed by atoms with van der Waals surface area (Å²) in [5.74, 6) is -0.0482. The third-order valence-corrected chi connectivity index (χ3v) is 4.29. The molecular weight excluding hydrogens is 399 g/mol. The van der Waals surface area contributed by atoms with E-state index in [4.69, 9.17) is 27.9 Å². The second-order valence-electron chi connectivity index (χ2n) is 5.80. The monoisotopic (exact) mass is 414 g/mol. The van der Waals surface area contributed by atoms with Crippen LogP contribution in [0.3, 0.4) is 0 Å². The van der Waals surface area contributed by atoms with Crippen molar-refractivity contribution in [1.29, 1.82) is 0 Å². The highest BCUT2D eigenvalue weighted by Gasteiger charge is 2.07. The Balaban J connectivity index is 1.52. The van der Waals surface area contributed by atoms with Crippen molar-refractivity contribution in [2.24, 2.45) is 5.10 Å². The van der Waals surface area contributed by atoms with Crippen LogP contribution >= 0.6 is 23.2 Å². The van der Waals surface area contributed by atoms with Gasteiger partial charge in [0.1, 0.15) is 11.5 Å². The fourth-order valence-electron chi connectivity index (χ4n) is 2.41. The largest absolute Gasteiger partial charge is 0.506 e. The molecule has 7 heteroatoms. The summed E-state index contributed by atoms with van der Waals surface area (Å²) in [5, 5.41) is 14.0. The normalized spacial score (nSPS) is 10.8. The summed E-state index contributed by atoms with van der Waals surface area (Å²) in [6.45, 7) is -0.204. The molecule has 3 aromatic carbocycles. The third-order valence-electron chi connectivity index (χ3n) is 3.78. The van der Waals surface area contributed by atoms with Crippen LogP contribution in [0.4, 0.5) is 0 Å². The first-order chi connectivity index (χ1) is 13.5. The van der Waals surface area contributed by atoms with E-state index in [1.807, 2.05) is 42.5 Å². The number of hydrogen-bond donors (Lipinski definition) is 2. The number of hydrazone groups is 1. The predicted octanol–water partition coefficient (Wildman–Crippen LogP) is 4.90. The van der Waals surface area contributed by atoms with E-state index < -0.39 is 5.91 Å². The number of nitrogens with one attached hydrogen (secondary N) is 1. The maximum Gasteiger partial charge on any atom is 0.277 e. The molecule has 0 saturated carbocycles. The first-order valence-corrected chi connectivity index (χ1v) is 9.07. The van der Waals surface area contributed by atoms with Gasteiger partial charge < -0.3 is 9.84 Å². The molecule has 0 aliphatic carbocycles. The van der Waals surface area contributed by atoms with Crippen molar-refractivity contribution >= 4 is 35.3 Å². The van der Waals surface area contributed by atoms with Gasteiger partial charge in [0.05, 0.1) is 11.2 Å². The molecule has 0 spiro atoms. The molecule has 1 amide bonds. The molecule has 142 valence electrons. The molecule has 2 N–H and O–H groups in total. The molecule has 0 saturated heterocycles. The van der Waals surface area contributed by atoms with E-state index in [1.165, 1.54) is 18.3 Å². The van der Waals surface area contributed by atoms with Crippen molar-refractivity contribution in [3.63, 3.8) is 0 Å². The van der Waals surface area contributed by atoms with E-state index in [9.17, 15) is 9.90 Å². The van der Waals surface area contributed by atoms with Crippen molar-refractivity contribution in [2.45, 2.75) is 0 Å². The summed E-state index contributed by atoms with van der Waals surface area (Å²) >= 11 is 11.7. The van der Waals surface area contributed by atoms with Gasteiger partial charge in [0.2, 0.25) is 0 Å². The molecule has 0 aliphatic rings. The molecule has 0 aromatic heterocycles. The molecule has 0 unspecified atom stereocenters. The van der Waals surface area contributed by atoms with Crippen LogP contribution in [0.5, 0.6) is 11.5 Å². The van der Waals surface area contributed by atoms with E-state index in [0.29, 0.717) is 10.8 Å². The van der Waals surface area contributed by atoms with Crippen molar-refractivity contribution in [3.8, 4) is 22.6 Å². The van der Waals surface area contributed by atoms with Crippen LogP contribution in [0.15, 0.2) is 71.8 Å². The van der Waals surface area contributed by atoms with Gasteiger partial charge in [-0.1, -0.05) is 65.7 Å². The Morgan fingerprint density at radius 3 is 2.43 bits per heavy atom. The number of carbonyl (C=O) groups is 1. The molecule has 3 rings (SSSR count). The number of rotatable bonds is 6. The lowest BCUT2D eigenvalue weighted by atomic mass is 10.1. The van der Waals surface area contributed by atoms with Crippen LogP contribution in [-0.2, 0) is 4.79 Å². The van der Waals surface area contributed by atoms with Gasteiger partial charge in [-0.2, -0.15) is 5.10 Å². The predicted molar refractivity (Wildman–Crippen MR) is 111 cm³/mol. The Hall–Kier alpha value is -3.02. The van der Waals surface area contributed by atoms with E-state index in [-0.39, 0.29) is 22.9 Å². The van der Waals surface area contributed by atoms with Crippen molar-refractivity contribution in [2.75, 3.05) is 6.61 Å². The first-order valence-electron chi connectivity index (χ1n) is 8.31. The minimum absolute atomic E-state index is 0.0996. The van der Waals surface area contributed by atoms with Gasteiger partial charge in [0.25, 0.3) is 5.91 Å². The zero-order chi connectivity index (χ0) is 19.9. The average Bonchev–Trinajstić information content (AvgIpc) is 2.71. The quantitative estimate of drug-likeness (QED) is 0.445. The van der Waals surface area contributed by atoms with Crippen LogP contribution < -0.4 is 10.2 Å². The van der Waals surface area contributed by atoms with E-state index in [2.05, 4.69) is 10.5 Å². The number of benzene rings is 3. The number of ether oxygens (including phenoxy) is 1. The van der Waals surface area contributed by atoms with Gasteiger partial charge in [0, 0.05) is 10.6 Å². The Labute approximate surface area is 172 Å². The lowest BCUT2D eigenvalue weighted by Gasteiger charge is -2.07. The average molecular weight is 415 g/mol. The number of nitrogens with zero attached hydrogens (tertiary/aromatic N) is 1. The zero-order valence-corrected chi connectivity index (χ0v) is 16.1. The van der Waals surface area contributed by atoms with Gasteiger partial charge in [-0.25, -0.2) is 5.43 Å². The second-order valence-corrected chi connectivity index (χ2v) is 6.64. The summed E-state index contributed by atoms with van der Waals surface area (Å²) in [6, 6.07) is 20.3. The Bertz CT molecular complexity index is 991. The minimum atomic E-state index is -0.448. The standard InChI is InChI=1S/C21H16Cl2N2O3/c22-17-10-16(21(27)19(23)11-17)12-24-25-20(26)13-28-18-8-6-15(7-9-18)14-4-2-1-3-5-14/h1-12,27H,13H2,(H,25,26)/b24-12+. The third kappa shape index (κ3) is 5.25. The lowest BCUT2D eigenvalue weighted by molar-refractivity contribution is -0.123.